The fourth-order valence-corrected chi connectivity index (χ4v) is 2.87. The van der Waals surface area contributed by atoms with E-state index >= 15 is 0 Å². The van der Waals surface area contributed by atoms with Crippen molar-refractivity contribution in [3.63, 3.8) is 0 Å². The summed E-state index contributed by atoms with van der Waals surface area (Å²) in [5.74, 6) is -0.789. The van der Waals surface area contributed by atoms with Gasteiger partial charge in [0.15, 0.2) is 18.6 Å². The molecule has 3 aromatic rings. The second-order valence-corrected chi connectivity index (χ2v) is 5.54. The third kappa shape index (κ3) is 2.52. The minimum atomic E-state index is -0.561. The Morgan fingerprint density at radius 1 is 1.21 bits per heavy atom. The van der Waals surface area contributed by atoms with Gasteiger partial charge in [-0.05, 0) is 36.2 Å². The maximum atomic E-state index is 12.3. The first kappa shape index (κ1) is 14.4. The highest BCUT2D eigenvalue weighted by Crippen LogP contribution is 2.27. The number of esters is 1. The molecule has 0 saturated carbocycles. The lowest BCUT2D eigenvalue weighted by atomic mass is 10.2. The second kappa shape index (κ2) is 5.81. The Morgan fingerprint density at radius 2 is 2.08 bits per heavy atom. The summed E-state index contributed by atoms with van der Waals surface area (Å²) in [6.07, 6.45) is 2.13. The minimum Gasteiger partial charge on any atom is -0.452 e. The first-order chi connectivity index (χ1) is 11.7. The van der Waals surface area contributed by atoms with Crippen molar-refractivity contribution >= 4 is 28.7 Å². The Bertz CT molecular complexity index is 931. The van der Waals surface area contributed by atoms with E-state index in [0.717, 1.165) is 17.7 Å². The number of rotatable bonds is 3. The molecule has 0 saturated heterocycles. The maximum absolute atomic E-state index is 12.3. The van der Waals surface area contributed by atoms with Crippen molar-refractivity contribution in [3.05, 3.63) is 60.0 Å². The van der Waals surface area contributed by atoms with Gasteiger partial charge in [0.25, 0.3) is 5.91 Å². The molecule has 24 heavy (non-hydrogen) atoms. The van der Waals surface area contributed by atoms with E-state index in [-0.39, 0.29) is 12.5 Å². The van der Waals surface area contributed by atoms with Crippen LogP contribution in [-0.2, 0) is 16.0 Å². The second-order valence-electron chi connectivity index (χ2n) is 5.54. The van der Waals surface area contributed by atoms with Gasteiger partial charge < -0.3 is 14.1 Å². The molecular weight excluding hydrogens is 308 g/mol. The zero-order chi connectivity index (χ0) is 16.5. The third-order valence-electron chi connectivity index (χ3n) is 4.08. The molecule has 0 atom stereocenters. The van der Waals surface area contributed by atoms with Crippen LogP contribution in [0.15, 0.2) is 53.3 Å². The fourth-order valence-electron chi connectivity index (χ4n) is 2.87. The largest absolute Gasteiger partial charge is 0.452 e. The van der Waals surface area contributed by atoms with Crippen LogP contribution < -0.4 is 4.90 Å². The van der Waals surface area contributed by atoms with Crippen LogP contribution in [0.3, 0.4) is 0 Å². The zero-order valence-electron chi connectivity index (χ0n) is 12.8. The minimum absolute atomic E-state index is 0.228. The number of hydrogen-bond acceptors (Lipinski definition) is 5. The van der Waals surface area contributed by atoms with Gasteiger partial charge in [-0.1, -0.05) is 18.2 Å². The number of carbonyl (C=O) groups excluding carboxylic acids is 2. The molecule has 0 aliphatic carbocycles. The van der Waals surface area contributed by atoms with Crippen LogP contribution in [0.5, 0.6) is 0 Å². The van der Waals surface area contributed by atoms with Gasteiger partial charge in [-0.2, -0.15) is 0 Å². The van der Waals surface area contributed by atoms with Gasteiger partial charge in [-0.15, -0.1) is 0 Å². The number of amides is 1. The summed E-state index contributed by atoms with van der Waals surface area (Å²) in [6, 6.07) is 12.6. The van der Waals surface area contributed by atoms with Crippen LogP contribution in [-0.4, -0.2) is 30.0 Å². The number of carbonyl (C=O) groups is 2. The van der Waals surface area contributed by atoms with Gasteiger partial charge in [0.1, 0.15) is 5.52 Å². The third-order valence-corrected chi connectivity index (χ3v) is 4.08. The van der Waals surface area contributed by atoms with E-state index < -0.39 is 5.97 Å². The molecule has 0 radical (unpaired) electrons. The highest BCUT2D eigenvalue weighted by molar-refractivity contribution is 5.99. The Hall–Kier alpha value is -3.15. The summed E-state index contributed by atoms with van der Waals surface area (Å²) in [7, 11) is 0. The highest BCUT2D eigenvalue weighted by Gasteiger charge is 2.25. The molecule has 6 nitrogen and oxygen atoms in total. The number of hydrogen-bond donors (Lipinski definition) is 0. The van der Waals surface area contributed by atoms with Crippen LogP contribution >= 0.6 is 0 Å². The number of aromatic nitrogens is 1. The van der Waals surface area contributed by atoms with Crippen LogP contribution in [0.2, 0.25) is 0 Å². The van der Waals surface area contributed by atoms with Crippen LogP contribution in [0.25, 0.3) is 11.1 Å². The summed E-state index contributed by atoms with van der Waals surface area (Å²) >= 11 is 0. The van der Waals surface area contributed by atoms with Crippen molar-refractivity contribution < 1.29 is 18.7 Å². The number of para-hydroxylation sites is 1. The molecule has 120 valence electrons. The van der Waals surface area contributed by atoms with E-state index in [1.165, 1.54) is 6.39 Å². The smallest absolute Gasteiger partial charge is 0.338 e. The van der Waals surface area contributed by atoms with Gasteiger partial charge in [-0.3, -0.25) is 4.79 Å². The molecule has 1 aliphatic heterocycles. The van der Waals surface area contributed by atoms with Crippen LogP contribution in [0, 0.1) is 0 Å². The molecular formula is C18H14N2O4. The average molecular weight is 322 g/mol. The topological polar surface area (TPSA) is 72.6 Å². The first-order valence-electron chi connectivity index (χ1n) is 7.61. The summed E-state index contributed by atoms with van der Waals surface area (Å²) < 4.78 is 10.3. The van der Waals surface area contributed by atoms with Crippen LogP contribution in [0.1, 0.15) is 15.9 Å². The lowest BCUT2D eigenvalue weighted by Gasteiger charge is -2.17. The van der Waals surface area contributed by atoms with Gasteiger partial charge in [0.2, 0.25) is 0 Å². The zero-order valence-corrected chi connectivity index (χ0v) is 12.8. The Labute approximate surface area is 137 Å². The van der Waals surface area contributed by atoms with Crippen molar-refractivity contribution in [1.29, 1.82) is 0 Å². The maximum Gasteiger partial charge on any atom is 0.338 e. The van der Waals surface area contributed by atoms with Gasteiger partial charge in [0, 0.05) is 12.2 Å². The highest BCUT2D eigenvalue weighted by atomic mass is 16.5. The number of oxazole rings is 1. The average Bonchev–Trinajstić information content (AvgIpc) is 3.25. The fraction of sp³-hybridized carbons (Fsp3) is 0.167. The van der Waals surface area contributed by atoms with Crippen molar-refractivity contribution in [3.8, 4) is 0 Å². The molecule has 1 aromatic heterocycles. The van der Waals surface area contributed by atoms with E-state index in [2.05, 4.69) is 4.98 Å². The number of benzene rings is 2. The molecule has 1 amide bonds. The lowest BCUT2D eigenvalue weighted by molar-refractivity contribution is -0.121. The van der Waals surface area contributed by atoms with E-state index in [1.54, 1.807) is 23.1 Å². The van der Waals surface area contributed by atoms with Crippen molar-refractivity contribution in [2.45, 2.75) is 6.42 Å². The van der Waals surface area contributed by atoms with Gasteiger partial charge in [-0.25, -0.2) is 9.78 Å². The quantitative estimate of drug-likeness (QED) is 0.693. The van der Waals surface area contributed by atoms with E-state index in [4.69, 9.17) is 9.15 Å². The van der Waals surface area contributed by atoms with Crippen molar-refractivity contribution in [2.75, 3.05) is 18.1 Å². The lowest BCUT2D eigenvalue weighted by Crippen LogP contribution is -2.33. The van der Waals surface area contributed by atoms with E-state index in [0.29, 0.717) is 23.2 Å². The Balaban J connectivity index is 1.43. The monoisotopic (exact) mass is 322 g/mol. The number of fused-ring (bicyclic) bond motifs is 2. The SMILES string of the molecule is O=C(OCC(=O)N1CCc2ccccc21)c1ccc2ncoc2c1. The van der Waals surface area contributed by atoms with E-state index in [1.807, 2.05) is 24.3 Å². The summed E-state index contributed by atoms with van der Waals surface area (Å²) in [6.45, 7) is 0.321. The molecule has 0 fully saturated rings. The molecule has 0 N–H and O–H groups in total. The number of ether oxygens (including phenoxy) is 1. The molecule has 1 aliphatic rings. The standard InChI is InChI=1S/C18H14N2O4/c21-17(20-8-7-12-3-1-2-4-15(12)20)10-23-18(22)13-5-6-14-16(9-13)24-11-19-14/h1-6,9,11H,7-8,10H2. The van der Waals surface area contributed by atoms with Gasteiger partial charge in [0.05, 0.1) is 5.56 Å². The molecule has 6 heteroatoms. The predicted octanol–water partition coefficient (Wildman–Crippen LogP) is 2.57. The molecule has 0 bridgehead atoms. The summed E-state index contributed by atoms with van der Waals surface area (Å²) in [5, 5.41) is 0. The first-order valence-corrected chi connectivity index (χ1v) is 7.61. The van der Waals surface area contributed by atoms with Crippen molar-refractivity contribution in [2.24, 2.45) is 0 Å². The Morgan fingerprint density at radius 3 is 3.00 bits per heavy atom. The summed E-state index contributed by atoms with van der Waals surface area (Å²) in [5.41, 5.74) is 3.52. The number of nitrogens with zero attached hydrogens (tertiary/aromatic N) is 2. The predicted molar refractivity (Wildman–Crippen MR) is 86.8 cm³/mol. The number of anilines is 1. The van der Waals surface area contributed by atoms with Gasteiger partial charge >= 0.3 is 5.97 Å². The molecule has 0 spiro atoms. The molecule has 0 unspecified atom stereocenters. The summed E-state index contributed by atoms with van der Waals surface area (Å²) in [4.78, 5) is 30.1. The Kier molecular flexibility index (Phi) is 3.49. The molecule has 2 heterocycles. The normalized spacial score (nSPS) is 13.1. The van der Waals surface area contributed by atoms with Crippen molar-refractivity contribution in [1.82, 2.24) is 4.98 Å². The molecule has 4 rings (SSSR count). The van der Waals surface area contributed by atoms with Crippen LogP contribution in [0.4, 0.5) is 5.69 Å². The molecule has 2 aromatic carbocycles. The van der Waals surface area contributed by atoms with E-state index in [9.17, 15) is 9.59 Å².